The monoisotopic (exact) mass is 266 g/mol. The smallest absolute Gasteiger partial charge is 0.0627 e. The molecular formula is C12H15BrN2. The highest BCUT2D eigenvalue weighted by molar-refractivity contribution is 9.10. The van der Waals surface area contributed by atoms with Crippen molar-refractivity contribution in [2.24, 2.45) is 5.73 Å². The Bertz CT molecular complexity index is 474. The topological polar surface area (TPSA) is 30.9 Å². The SMILES string of the molecule is Cc1cn(CCCN)c2c(Br)cccc12. The third-order valence-corrected chi connectivity index (χ3v) is 3.29. The third kappa shape index (κ3) is 1.94. The number of halogens is 1. The number of benzene rings is 1. The molecule has 3 heteroatoms. The number of rotatable bonds is 3. The fourth-order valence-electron chi connectivity index (χ4n) is 1.93. The van der Waals surface area contributed by atoms with Gasteiger partial charge in [-0.15, -0.1) is 0 Å². The number of nitrogens with two attached hydrogens (primary N) is 1. The Morgan fingerprint density at radius 2 is 2.20 bits per heavy atom. The Balaban J connectivity index is 2.54. The van der Waals surface area contributed by atoms with Crippen LogP contribution in [-0.2, 0) is 6.54 Å². The summed E-state index contributed by atoms with van der Waals surface area (Å²) >= 11 is 3.60. The van der Waals surface area contributed by atoms with Gasteiger partial charge in [0.15, 0.2) is 0 Å². The van der Waals surface area contributed by atoms with Crippen LogP contribution in [0.2, 0.25) is 0 Å². The molecule has 0 atom stereocenters. The first-order valence-corrected chi connectivity index (χ1v) is 5.97. The van der Waals surface area contributed by atoms with Gasteiger partial charge in [-0.2, -0.15) is 0 Å². The minimum Gasteiger partial charge on any atom is -0.346 e. The second kappa shape index (κ2) is 4.37. The number of aryl methyl sites for hydroxylation is 2. The van der Waals surface area contributed by atoms with Gasteiger partial charge in [-0.05, 0) is 47.4 Å². The van der Waals surface area contributed by atoms with E-state index in [4.69, 9.17) is 5.73 Å². The maximum absolute atomic E-state index is 5.54. The summed E-state index contributed by atoms with van der Waals surface area (Å²) in [6.07, 6.45) is 3.22. The van der Waals surface area contributed by atoms with Gasteiger partial charge in [0.2, 0.25) is 0 Å². The first-order valence-electron chi connectivity index (χ1n) is 5.18. The molecule has 0 aliphatic rings. The lowest BCUT2D eigenvalue weighted by Crippen LogP contribution is -2.04. The first-order chi connectivity index (χ1) is 7.24. The Kier molecular flexibility index (Phi) is 3.12. The van der Waals surface area contributed by atoms with E-state index in [0.29, 0.717) is 0 Å². The number of fused-ring (bicyclic) bond motifs is 1. The molecule has 0 aliphatic heterocycles. The molecule has 1 aromatic heterocycles. The van der Waals surface area contributed by atoms with Crippen LogP contribution in [0.5, 0.6) is 0 Å². The summed E-state index contributed by atoms with van der Waals surface area (Å²) in [5.74, 6) is 0. The van der Waals surface area contributed by atoms with E-state index in [-0.39, 0.29) is 0 Å². The van der Waals surface area contributed by atoms with E-state index in [1.165, 1.54) is 16.5 Å². The molecule has 80 valence electrons. The molecule has 0 saturated heterocycles. The molecule has 2 N–H and O–H groups in total. The van der Waals surface area contributed by atoms with Crippen molar-refractivity contribution in [3.05, 3.63) is 34.4 Å². The molecule has 0 spiro atoms. The van der Waals surface area contributed by atoms with Crippen LogP contribution in [0.15, 0.2) is 28.9 Å². The molecule has 0 amide bonds. The lowest BCUT2D eigenvalue weighted by molar-refractivity contribution is 0.669. The summed E-state index contributed by atoms with van der Waals surface area (Å²) in [7, 11) is 0. The van der Waals surface area contributed by atoms with Crippen LogP contribution < -0.4 is 5.73 Å². The fraction of sp³-hybridized carbons (Fsp3) is 0.333. The van der Waals surface area contributed by atoms with Crippen LogP contribution in [0.1, 0.15) is 12.0 Å². The highest BCUT2D eigenvalue weighted by atomic mass is 79.9. The fourth-order valence-corrected chi connectivity index (χ4v) is 2.53. The predicted molar refractivity (Wildman–Crippen MR) is 68.0 cm³/mol. The molecule has 2 aromatic rings. The van der Waals surface area contributed by atoms with E-state index < -0.39 is 0 Å². The van der Waals surface area contributed by atoms with E-state index in [9.17, 15) is 0 Å². The van der Waals surface area contributed by atoms with Crippen molar-refractivity contribution in [1.82, 2.24) is 4.57 Å². The molecule has 0 unspecified atom stereocenters. The van der Waals surface area contributed by atoms with Crippen molar-refractivity contribution >= 4 is 26.8 Å². The van der Waals surface area contributed by atoms with Crippen LogP contribution in [0.3, 0.4) is 0 Å². The van der Waals surface area contributed by atoms with Crippen LogP contribution in [0, 0.1) is 6.92 Å². The second-order valence-electron chi connectivity index (χ2n) is 3.78. The predicted octanol–water partition coefficient (Wildman–Crippen LogP) is 3.06. The maximum atomic E-state index is 5.54. The van der Waals surface area contributed by atoms with Crippen LogP contribution >= 0.6 is 15.9 Å². The number of hydrogen-bond donors (Lipinski definition) is 1. The number of nitrogens with zero attached hydrogens (tertiary/aromatic N) is 1. The zero-order valence-corrected chi connectivity index (χ0v) is 10.4. The normalized spacial score (nSPS) is 11.1. The number of aromatic nitrogens is 1. The highest BCUT2D eigenvalue weighted by Gasteiger charge is 2.07. The van der Waals surface area contributed by atoms with E-state index in [2.05, 4.69) is 51.8 Å². The molecule has 0 aliphatic carbocycles. The average molecular weight is 267 g/mol. The van der Waals surface area contributed by atoms with E-state index in [1.54, 1.807) is 0 Å². The van der Waals surface area contributed by atoms with Crippen LogP contribution in [-0.4, -0.2) is 11.1 Å². The summed E-state index contributed by atoms with van der Waals surface area (Å²) in [6, 6.07) is 6.32. The molecule has 15 heavy (non-hydrogen) atoms. The Hall–Kier alpha value is -0.800. The van der Waals surface area contributed by atoms with Gasteiger partial charge in [0, 0.05) is 22.6 Å². The molecule has 0 fully saturated rings. The Morgan fingerprint density at radius 3 is 2.93 bits per heavy atom. The second-order valence-corrected chi connectivity index (χ2v) is 4.64. The summed E-state index contributed by atoms with van der Waals surface area (Å²) in [4.78, 5) is 0. The van der Waals surface area contributed by atoms with Crippen molar-refractivity contribution in [3.63, 3.8) is 0 Å². The van der Waals surface area contributed by atoms with Gasteiger partial charge in [-0.3, -0.25) is 0 Å². The van der Waals surface area contributed by atoms with E-state index in [0.717, 1.165) is 24.0 Å². The van der Waals surface area contributed by atoms with Gasteiger partial charge in [0.1, 0.15) is 0 Å². The summed E-state index contributed by atoms with van der Waals surface area (Å²) < 4.78 is 3.44. The lowest BCUT2D eigenvalue weighted by Gasteiger charge is -2.05. The van der Waals surface area contributed by atoms with Crippen molar-refractivity contribution in [2.45, 2.75) is 19.9 Å². The molecular weight excluding hydrogens is 252 g/mol. The highest BCUT2D eigenvalue weighted by Crippen LogP contribution is 2.27. The van der Waals surface area contributed by atoms with Gasteiger partial charge in [-0.1, -0.05) is 12.1 Å². The minimum absolute atomic E-state index is 0.739. The Morgan fingerprint density at radius 1 is 1.40 bits per heavy atom. The van der Waals surface area contributed by atoms with Crippen molar-refractivity contribution in [1.29, 1.82) is 0 Å². The largest absolute Gasteiger partial charge is 0.346 e. The third-order valence-electron chi connectivity index (χ3n) is 2.65. The van der Waals surface area contributed by atoms with E-state index >= 15 is 0 Å². The molecule has 2 nitrogen and oxygen atoms in total. The quantitative estimate of drug-likeness (QED) is 0.910. The molecule has 0 bridgehead atoms. The maximum Gasteiger partial charge on any atom is 0.0627 e. The Labute approximate surface area is 98.2 Å². The minimum atomic E-state index is 0.739. The van der Waals surface area contributed by atoms with Gasteiger partial charge >= 0.3 is 0 Å². The number of hydrogen-bond acceptors (Lipinski definition) is 1. The summed E-state index contributed by atoms with van der Waals surface area (Å²) in [5, 5.41) is 1.32. The molecule has 2 rings (SSSR count). The van der Waals surface area contributed by atoms with Gasteiger partial charge < -0.3 is 10.3 Å². The zero-order chi connectivity index (χ0) is 10.8. The van der Waals surface area contributed by atoms with Crippen molar-refractivity contribution in [2.75, 3.05) is 6.54 Å². The van der Waals surface area contributed by atoms with Crippen molar-refractivity contribution < 1.29 is 0 Å². The van der Waals surface area contributed by atoms with Crippen LogP contribution in [0.25, 0.3) is 10.9 Å². The molecule has 0 saturated carbocycles. The van der Waals surface area contributed by atoms with Crippen molar-refractivity contribution in [3.8, 4) is 0 Å². The molecule has 0 radical (unpaired) electrons. The lowest BCUT2D eigenvalue weighted by atomic mass is 10.2. The zero-order valence-electron chi connectivity index (χ0n) is 8.83. The molecule has 1 aromatic carbocycles. The summed E-state index contributed by atoms with van der Waals surface area (Å²) in [6.45, 7) is 3.88. The van der Waals surface area contributed by atoms with Gasteiger partial charge in [0.25, 0.3) is 0 Å². The van der Waals surface area contributed by atoms with Gasteiger partial charge in [-0.25, -0.2) is 0 Å². The number of para-hydroxylation sites is 1. The van der Waals surface area contributed by atoms with Crippen LogP contribution in [0.4, 0.5) is 0 Å². The molecule has 1 heterocycles. The first kappa shape index (κ1) is 10.7. The summed E-state index contributed by atoms with van der Waals surface area (Å²) in [5.41, 5.74) is 8.14. The average Bonchev–Trinajstić information content (AvgIpc) is 2.55. The van der Waals surface area contributed by atoms with E-state index in [1.807, 2.05) is 0 Å². The van der Waals surface area contributed by atoms with Gasteiger partial charge in [0.05, 0.1) is 5.52 Å². The standard InChI is InChI=1S/C12H15BrN2/c1-9-8-15(7-3-6-14)12-10(9)4-2-5-11(12)13/h2,4-5,8H,3,6-7,14H2,1H3.